The highest BCUT2D eigenvalue weighted by molar-refractivity contribution is 5.97. The highest BCUT2D eigenvalue weighted by Gasteiger charge is 2.14. The molecule has 0 unspecified atom stereocenters. The molecule has 10 aromatic rings. The first-order chi connectivity index (χ1) is 30.6. The van der Waals surface area contributed by atoms with Crippen molar-refractivity contribution in [2.24, 2.45) is 0 Å². The topological polar surface area (TPSA) is 3.24 Å². The van der Waals surface area contributed by atoms with Gasteiger partial charge in [-0.25, -0.2) is 0 Å². The molecule has 0 spiro atoms. The molecule has 10 aromatic carbocycles. The minimum Gasteiger partial charge on any atom is -0.311 e. The van der Waals surface area contributed by atoms with Crippen LogP contribution in [0, 0.1) is 0 Å². The smallest absolute Gasteiger partial charge is 0.0462 e. The second kappa shape index (κ2) is 18.5. The van der Waals surface area contributed by atoms with E-state index < -0.39 is 0 Å². The Morgan fingerprint density at radius 1 is 0.290 bits per heavy atom. The van der Waals surface area contributed by atoms with Crippen LogP contribution in [0.5, 0.6) is 0 Å². The molecule has 0 atom stereocenters. The first-order valence-electron chi connectivity index (χ1n) is 21.2. The van der Waals surface area contributed by atoms with Crippen LogP contribution in [-0.2, 0) is 0 Å². The van der Waals surface area contributed by atoms with Crippen molar-refractivity contribution in [2.75, 3.05) is 4.90 Å². The molecule has 0 bridgehead atoms. The zero-order valence-electron chi connectivity index (χ0n) is 34.7. The maximum Gasteiger partial charge on any atom is 0.0462 e. The van der Waals surface area contributed by atoms with Crippen molar-refractivity contribution in [3.63, 3.8) is 0 Å². The quantitative estimate of drug-likeness (QED) is 0.125. The Kier molecular flexibility index (Phi) is 11.8. The van der Waals surface area contributed by atoms with E-state index in [9.17, 15) is 0 Å². The maximum absolute atomic E-state index is 3.48. The summed E-state index contributed by atoms with van der Waals surface area (Å²) in [4.78, 5) is 2.34. The van der Waals surface area contributed by atoms with E-state index in [0.29, 0.717) is 0 Å². The molecule has 1 nitrogen and oxygen atoms in total. The Morgan fingerprint density at radius 3 is 1.16 bits per heavy atom. The summed E-state index contributed by atoms with van der Waals surface area (Å²) in [5.74, 6) is 0. The third-order valence-electron chi connectivity index (χ3n) is 11.4. The third kappa shape index (κ3) is 8.66. The lowest BCUT2D eigenvalue weighted by atomic mass is 9.96. The number of benzene rings is 10. The predicted octanol–water partition coefficient (Wildman–Crippen LogP) is 17.5. The van der Waals surface area contributed by atoms with E-state index in [1.165, 1.54) is 77.2 Å². The third-order valence-corrected chi connectivity index (χ3v) is 11.4. The van der Waals surface area contributed by atoms with Crippen LogP contribution in [0.15, 0.2) is 262 Å². The van der Waals surface area contributed by atoms with Crippen LogP contribution in [0.3, 0.4) is 0 Å². The summed E-state index contributed by atoms with van der Waals surface area (Å²) >= 11 is 0. The Hall–Kier alpha value is -8.00. The first-order valence-corrected chi connectivity index (χ1v) is 21.2. The minimum atomic E-state index is 0.917. The molecule has 0 heterocycles. The van der Waals surface area contributed by atoms with E-state index in [2.05, 4.69) is 255 Å². The number of anilines is 3. The predicted molar refractivity (Wildman–Crippen MR) is 268 cm³/mol. The van der Waals surface area contributed by atoms with E-state index in [1.807, 2.05) is 12.2 Å². The van der Waals surface area contributed by atoms with Gasteiger partial charge in [0.1, 0.15) is 0 Å². The van der Waals surface area contributed by atoms with Gasteiger partial charge in [-0.05, 0) is 126 Å². The molecule has 0 saturated carbocycles. The molecule has 0 aromatic heterocycles. The van der Waals surface area contributed by atoms with Gasteiger partial charge in [-0.3, -0.25) is 0 Å². The Morgan fingerprint density at radius 2 is 0.661 bits per heavy atom. The van der Waals surface area contributed by atoms with Gasteiger partial charge in [-0.15, -0.1) is 13.2 Å². The summed E-state index contributed by atoms with van der Waals surface area (Å²) in [5, 5.41) is 5.06. The fraction of sp³-hybridized carbons (Fsp3) is 0.0164. The van der Waals surface area contributed by atoms with Gasteiger partial charge < -0.3 is 4.90 Å². The monoisotopic (exact) mass is 793 g/mol. The lowest BCUT2D eigenvalue weighted by Gasteiger charge is -2.26. The molecule has 0 aliphatic carbocycles. The van der Waals surface area contributed by atoms with Crippen molar-refractivity contribution in [1.82, 2.24) is 0 Å². The van der Waals surface area contributed by atoms with Crippen molar-refractivity contribution in [3.8, 4) is 55.6 Å². The van der Waals surface area contributed by atoms with Crippen LogP contribution >= 0.6 is 0 Å². The van der Waals surface area contributed by atoms with Crippen molar-refractivity contribution in [3.05, 3.63) is 262 Å². The van der Waals surface area contributed by atoms with Crippen LogP contribution in [-0.4, -0.2) is 0 Å². The van der Waals surface area contributed by atoms with Crippen LogP contribution in [0.4, 0.5) is 17.1 Å². The Bertz CT molecular complexity index is 3060. The van der Waals surface area contributed by atoms with E-state index in [0.717, 1.165) is 23.5 Å². The summed E-state index contributed by atoms with van der Waals surface area (Å²) < 4.78 is 0. The van der Waals surface area contributed by atoms with Gasteiger partial charge in [-0.1, -0.05) is 206 Å². The molecule has 0 saturated heterocycles. The summed E-state index contributed by atoms with van der Waals surface area (Å²) in [7, 11) is 0. The van der Waals surface area contributed by atoms with Gasteiger partial charge in [0.2, 0.25) is 0 Å². The van der Waals surface area contributed by atoms with Crippen molar-refractivity contribution in [2.45, 2.75) is 6.42 Å². The standard InChI is InChI=1S/C56H39N.C5H8/c1-2-9-40(10-3-1)44-27-33-52(34-28-44)57(53-35-29-45(30-36-53)42-17-19-47(20-18-42)51-26-23-41-11-4-5-13-50(41)39-51)54-37-31-46(32-38-54)43-21-24-49(25-22-43)56-16-8-14-48-12-6-7-15-55(48)56;1-3-5-4-2/h1-39H;3-4H,1-2,5H2. The second-order valence-electron chi connectivity index (χ2n) is 15.4. The zero-order valence-corrected chi connectivity index (χ0v) is 34.7. The molecule has 0 aliphatic rings. The first kappa shape index (κ1) is 39.5. The average Bonchev–Trinajstić information content (AvgIpc) is 3.35. The van der Waals surface area contributed by atoms with Gasteiger partial charge in [0, 0.05) is 17.1 Å². The van der Waals surface area contributed by atoms with Crippen molar-refractivity contribution >= 4 is 38.6 Å². The molecule has 62 heavy (non-hydrogen) atoms. The molecule has 0 radical (unpaired) electrons. The molecular formula is C61H47N. The van der Waals surface area contributed by atoms with Crippen LogP contribution < -0.4 is 4.90 Å². The largest absolute Gasteiger partial charge is 0.311 e. The summed E-state index contributed by atoms with van der Waals surface area (Å²) in [6, 6.07) is 85.5. The van der Waals surface area contributed by atoms with Crippen LogP contribution in [0.1, 0.15) is 6.42 Å². The molecule has 10 rings (SSSR count). The normalized spacial score (nSPS) is 10.8. The fourth-order valence-electron chi connectivity index (χ4n) is 8.15. The van der Waals surface area contributed by atoms with E-state index >= 15 is 0 Å². The highest BCUT2D eigenvalue weighted by Crippen LogP contribution is 2.38. The molecule has 0 aliphatic heterocycles. The van der Waals surface area contributed by atoms with Crippen LogP contribution in [0.25, 0.3) is 77.2 Å². The minimum absolute atomic E-state index is 0.917. The van der Waals surface area contributed by atoms with Gasteiger partial charge in [0.05, 0.1) is 0 Å². The van der Waals surface area contributed by atoms with Gasteiger partial charge >= 0.3 is 0 Å². The number of nitrogens with zero attached hydrogens (tertiary/aromatic N) is 1. The van der Waals surface area contributed by atoms with Gasteiger partial charge in [0.15, 0.2) is 0 Å². The van der Waals surface area contributed by atoms with E-state index in [1.54, 1.807) is 0 Å². The zero-order chi connectivity index (χ0) is 42.1. The van der Waals surface area contributed by atoms with Crippen molar-refractivity contribution < 1.29 is 0 Å². The highest BCUT2D eigenvalue weighted by atomic mass is 15.1. The number of allylic oxidation sites excluding steroid dienone is 2. The van der Waals surface area contributed by atoms with E-state index in [-0.39, 0.29) is 0 Å². The summed E-state index contributed by atoms with van der Waals surface area (Å²) in [6.45, 7) is 6.96. The summed E-state index contributed by atoms with van der Waals surface area (Å²) in [6.07, 6.45) is 4.54. The second-order valence-corrected chi connectivity index (χ2v) is 15.4. The number of fused-ring (bicyclic) bond motifs is 2. The molecule has 1 heteroatoms. The fourth-order valence-corrected chi connectivity index (χ4v) is 8.15. The van der Waals surface area contributed by atoms with Crippen molar-refractivity contribution in [1.29, 1.82) is 0 Å². The number of hydrogen-bond acceptors (Lipinski definition) is 1. The molecular weight excluding hydrogens is 747 g/mol. The summed E-state index contributed by atoms with van der Waals surface area (Å²) in [5.41, 5.74) is 15.4. The Labute approximate surface area is 365 Å². The molecule has 0 N–H and O–H groups in total. The molecule has 296 valence electrons. The average molecular weight is 794 g/mol. The van der Waals surface area contributed by atoms with Crippen LogP contribution in [0.2, 0.25) is 0 Å². The lowest BCUT2D eigenvalue weighted by molar-refractivity contribution is 1.28. The molecule has 0 fully saturated rings. The number of hydrogen-bond donors (Lipinski definition) is 0. The van der Waals surface area contributed by atoms with Gasteiger partial charge in [0.25, 0.3) is 0 Å². The Balaban J connectivity index is 0.000000929. The molecule has 0 amide bonds. The van der Waals surface area contributed by atoms with Gasteiger partial charge in [-0.2, -0.15) is 0 Å². The van der Waals surface area contributed by atoms with E-state index in [4.69, 9.17) is 0 Å². The SMILES string of the molecule is C=CCC=C.c1ccc(-c2ccc(N(c3ccc(-c4ccc(-c5ccc6ccccc6c5)cc4)cc3)c3ccc(-c4ccc(-c5cccc6ccccc56)cc4)cc3)cc2)cc1. The number of rotatable bonds is 10. The maximum atomic E-state index is 3.48. The lowest BCUT2D eigenvalue weighted by Crippen LogP contribution is -2.09.